The summed E-state index contributed by atoms with van der Waals surface area (Å²) in [5.41, 5.74) is 8.19. The van der Waals surface area contributed by atoms with Gasteiger partial charge in [-0.1, -0.05) is 71.6 Å². The van der Waals surface area contributed by atoms with Gasteiger partial charge in [0.1, 0.15) is 5.75 Å². The third kappa shape index (κ3) is 5.73. The number of carbonyl (C=O) groups excluding carboxylic acids is 2. The van der Waals surface area contributed by atoms with Crippen molar-refractivity contribution in [2.24, 2.45) is 5.10 Å². The molecular weight excluding hydrogens is 510 g/mol. The Labute approximate surface area is 221 Å². The maximum absolute atomic E-state index is 13.2. The summed E-state index contributed by atoms with van der Waals surface area (Å²) in [5, 5.41) is 16.2. The highest BCUT2D eigenvalue weighted by atomic mass is 32.2. The zero-order valence-electron chi connectivity index (χ0n) is 19.9. The van der Waals surface area contributed by atoms with Gasteiger partial charge in [-0.15, -0.1) is 10.2 Å². The fraction of sp³-hybridized carbons (Fsp3) is 0.192. The van der Waals surface area contributed by atoms with Gasteiger partial charge in [0.25, 0.3) is 5.91 Å². The number of aromatic nitrogens is 2. The van der Waals surface area contributed by atoms with Crippen LogP contribution in [-0.2, 0) is 14.3 Å². The normalized spacial score (nSPS) is 15.0. The van der Waals surface area contributed by atoms with E-state index in [2.05, 4.69) is 27.4 Å². The number of nitrogens with two attached hydrogens (primary N) is 1. The summed E-state index contributed by atoms with van der Waals surface area (Å²) in [6.07, 6.45) is 0.526. The molecule has 0 aliphatic carbocycles. The van der Waals surface area contributed by atoms with E-state index in [0.717, 1.165) is 45.1 Å². The molecule has 0 radical (unpaired) electrons. The van der Waals surface area contributed by atoms with Gasteiger partial charge in [0.2, 0.25) is 5.13 Å². The van der Waals surface area contributed by atoms with E-state index in [1.54, 1.807) is 7.11 Å². The van der Waals surface area contributed by atoms with Crippen LogP contribution in [0.5, 0.6) is 5.75 Å². The Kier molecular flexibility index (Phi) is 7.33. The number of methoxy groups -OCH3 is 1. The Morgan fingerprint density at radius 1 is 1.08 bits per heavy atom. The maximum atomic E-state index is 13.2. The Morgan fingerprint density at radius 2 is 1.86 bits per heavy atom. The second-order valence-electron chi connectivity index (χ2n) is 8.20. The lowest BCUT2D eigenvalue weighted by Crippen LogP contribution is -2.31. The van der Waals surface area contributed by atoms with Gasteiger partial charge in [-0.3, -0.25) is 9.59 Å². The van der Waals surface area contributed by atoms with Crippen molar-refractivity contribution in [2.45, 2.75) is 16.8 Å². The molecule has 2 N–H and O–H groups in total. The van der Waals surface area contributed by atoms with Crippen LogP contribution in [0.1, 0.15) is 23.6 Å². The fourth-order valence-electron chi connectivity index (χ4n) is 4.02. The number of carbonyl (C=O) groups is 2. The Morgan fingerprint density at radius 3 is 2.59 bits per heavy atom. The highest BCUT2D eigenvalue weighted by Crippen LogP contribution is 2.34. The first-order chi connectivity index (χ1) is 18.0. The number of fused-ring (bicyclic) bond motifs is 1. The summed E-state index contributed by atoms with van der Waals surface area (Å²) in [5.74, 6) is -0.227. The number of rotatable bonds is 8. The molecule has 37 heavy (non-hydrogen) atoms. The van der Waals surface area contributed by atoms with E-state index >= 15 is 0 Å². The van der Waals surface area contributed by atoms with E-state index in [4.69, 9.17) is 15.2 Å². The molecule has 1 aromatic heterocycles. The van der Waals surface area contributed by atoms with Gasteiger partial charge >= 0.3 is 5.97 Å². The third-order valence-electron chi connectivity index (χ3n) is 5.84. The van der Waals surface area contributed by atoms with Crippen LogP contribution in [0.15, 0.2) is 76.2 Å². The number of thioether (sulfide) groups is 1. The van der Waals surface area contributed by atoms with Gasteiger partial charge in [0.15, 0.2) is 10.9 Å². The number of nitrogen functional groups attached to an aromatic ring is 1. The minimum atomic E-state index is -0.536. The summed E-state index contributed by atoms with van der Waals surface area (Å²) in [4.78, 5) is 25.4. The predicted octanol–water partition coefficient (Wildman–Crippen LogP) is 4.30. The smallest absolute Gasteiger partial charge is 0.316 e. The summed E-state index contributed by atoms with van der Waals surface area (Å²) >= 11 is 2.34. The van der Waals surface area contributed by atoms with Crippen LogP contribution in [0.3, 0.4) is 0 Å². The number of hydrogen-bond donors (Lipinski definition) is 1. The number of amides is 1. The van der Waals surface area contributed by atoms with E-state index < -0.39 is 18.5 Å². The van der Waals surface area contributed by atoms with Crippen molar-refractivity contribution < 1.29 is 19.1 Å². The van der Waals surface area contributed by atoms with E-state index in [-0.39, 0.29) is 11.8 Å². The summed E-state index contributed by atoms with van der Waals surface area (Å²) in [7, 11) is 1.61. The molecule has 0 saturated heterocycles. The highest BCUT2D eigenvalue weighted by molar-refractivity contribution is 8.01. The number of ether oxygens (including phenoxy) is 2. The summed E-state index contributed by atoms with van der Waals surface area (Å²) in [6, 6.07) is 21.4. The standard InChI is InChI=1S/C26H23N5O4S2/c1-34-20-10-8-17(9-11-20)22-13-21(19-7-6-16-4-2-3-5-18(16)12-19)30-31(22)23(32)14-35-24(33)15-36-26-29-28-25(27)37-26/h2-12,22H,13-15H2,1H3,(H2,27,28)/t22-/m1/s1. The zero-order chi connectivity index (χ0) is 25.8. The number of esters is 1. The van der Waals surface area contributed by atoms with Gasteiger partial charge in [-0.2, -0.15) is 5.10 Å². The quantitative estimate of drug-likeness (QED) is 0.263. The molecule has 3 aromatic carbocycles. The van der Waals surface area contributed by atoms with E-state index in [1.807, 2.05) is 54.6 Å². The molecule has 188 valence electrons. The molecule has 11 heteroatoms. The molecule has 5 rings (SSSR count). The van der Waals surface area contributed by atoms with Crippen molar-refractivity contribution >= 4 is 56.6 Å². The van der Waals surface area contributed by atoms with Crippen LogP contribution < -0.4 is 10.5 Å². The molecule has 0 fully saturated rings. The molecule has 0 spiro atoms. The number of nitrogens with zero attached hydrogens (tertiary/aromatic N) is 4. The van der Waals surface area contributed by atoms with Crippen molar-refractivity contribution in [3.05, 3.63) is 77.9 Å². The Hall–Kier alpha value is -3.96. The monoisotopic (exact) mass is 533 g/mol. The molecule has 9 nitrogen and oxygen atoms in total. The van der Waals surface area contributed by atoms with Crippen molar-refractivity contribution in [1.82, 2.24) is 15.2 Å². The topological polar surface area (TPSA) is 120 Å². The predicted molar refractivity (Wildman–Crippen MR) is 144 cm³/mol. The number of benzene rings is 3. The molecule has 2 heterocycles. The molecule has 1 aliphatic rings. The largest absolute Gasteiger partial charge is 0.497 e. The zero-order valence-corrected chi connectivity index (χ0v) is 21.5. The van der Waals surface area contributed by atoms with Crippen molar-refractivity contribution in [2.75, 3.05) is 25.2 Å². The van der Waals surface area contributed by atoms with Crippen molar-refractivity contribution in [1.29, 1.82) is 0 Å². The van der Waals surface area contributed by atoms with Crippen LogP contribution in [-0.4, -0.2) is 52.3 Å². The average Bonchev–Trinajstić information content (AvgIpc) is 3.57. The highest BCUT2D eigenvalue weighted by Gasteiger charge is 2.33. The fourth-order valence-corrected chi connectivity index (χ4v) is 5.45. The van der Waals surface area contributed by atoms with Crippen molar-refractivity contribution in [3.8, 4) is 5.75 Å². The Balaban J connectivity index is 1.32. The van der Waals surface area contributed by atoms with E-state index in [0.29, 0.717) is 15.9 Å². The SMILES string of the molecule is COc1ccc([C@H]2CC(c3ccc4ccccc4c3)=NN2C(=O)COC(=O)CSc2nnc(N)s2)cc1. The molecule has 1 aliphatic heterocycles. The second kappa shape index (κ2) is 11.0. The first-order valence-electron chi connectivity index (χ1n) is 11.4. The number of hydrazone groups is 1. The average molecular weight is 534 g/mol. The van der Waals surface area contributed by atoms with Crippen LogP contribution in [0.4, 0.5) is 5.13 Å². The van der Waals surface area contributed by atoms with Crippen LogP contribution >= 0.6 is 23.1 Å². The van der Waals surface area contributed by atoms with E-state index in [1.165, 1.54) is 16.3 Å². The lowest BCUT2D eigenvalue weighted by Gasteiger charge is -2.22. The van der Waals surface area contributed by atoms with Crippen molar-refractivity contribution in [3.63, 3.8) is 0 Å². The van der Waals surface area contributed by atoms with Gasteiger partial charge < -0.3 is 15.2 Å². The third-order valence-corrected chi connectivity index (χ3v) is 7.70. The van der Waals surface area contributed by atoms with Gasteiger partial charge in [0.05, 0.1) is 24.6 Å². The summed E-state index contributed by atoms with van der Waals surface area (Å²) in [6.45, 7) is -0.418. The van der Waals surface area contributed by atoms with Gasteiger partial charge in [-0.25, -0.2) is 5.01 Å². The minimum Gasteiger partial charge on any atom is -0.497 e. The van der Waals surface area contributed by atoms with E-state index in [9.17, 15) is 9.59 Å². The van der Waals surface area contributed by atoms with Crippen LogP contribution in [0.25, 0.3) is 10.8 Å². The number of hydrogen-bond acceptors (Lipinski definition) is 10. The second-order valence-corrected chi connectivity index (χ2v) is 10.4. The molecule has 0 saturated carbocycles. The summed E-state index contributed by atoms with van der Waals surface area (Å²) < 4.78 is 11.1. The first-order valence-corrected chi connectivity index (χ1v) is 13.2. The molecule has 0 unspecified atom stereocenters. The lowest BCUT2D eigenvalue weighted by molar-refractivity contribution is -0.150. The molecule has 0 bridgehead atoms. The lowest BCUT2D eigenvalue weighted by atomic mass is 9.97. The number of anilines is 1. The maximum Gasteiger partial charge on any atom is 0.316 e. The van der Waals surface area contributed by atoms with Gasteiger partial charge in [-0.05, 0) is 40.1 Å². The van der Waals surface area contributed by atoms with Crippen LogP contribution in [0, 0.1) is 0 Å². The molecule has 1 amide bonds. The first kappa shape index (κ1) is 24.7. The minimum absolute atomic E-state index is 0.00453. The molecule has 4 aromatic rings. The Bertz CT molecular complexity index is 1470. The van der Waals surface area contributed by atoms with Crippen LogP contribution in [0.2, 0.25) is 0 Å². The molecule has 1 atom stereocenters. The molecular formula is C26H23N5O4S2. The van der Waals surface area contributed by atoms with Gasteiger partial charge in [0, 0.05) is 6.42 Å².